The summed E-state index contributed by atoms with van der Waals surface area (Å²) in [6.07, 6.45) is 10.5. The number of carbonyl (C=O) groups is 2. The Morgan fingerprint density at radius 2 is 1.91 bits per heavy atom. The number of hydrogen-bond acceptors (Lipinski definition) is 6. The lowest BCUT2D eigenvalue weighted by molar-refractivity contribution is -0.142. The number of carboxylic acid groups (broad SMARTS) is 1. The van der Waals surface area contributed by atoms with Gasteiger partial charge in [0.05, 0.1) is 24.1 Å². The third-order valence-corrected chi connectivity index (χ3v) is 7.09. The Hall–Kier alpha value is -2.74. The molecule has 8 nitrogen and oxygen atoms in total. The fraction of sp³-hybridized carbons (Fsp3) is 0.583. The first-order chi connectivity index (χ1) is 15.3. The second kappa shape index (κ2) is 9.02. The van der Waals surface area contributed by atoms with E-state index in [9.17, 15) is 19.8 Å². The van der Waals surface area contributed by atoms with Crippen molar-refractivity contribution in [3.05, 3.63) is 30.7 Å². The van der Waals surface area contributed by atoms with Gasteiger partial charge in [-0.05, 0) is 43.2 Å². The number of rotatable bonds is 7. The molecule has 1 saturated carbocycles. The number of piperidine rings is 1. The fourth-order valence-electron chi connectivity index (χ4n) is 5.55. The predicted molar refractivity (Wildman–Crippen MR) is 121 cm³/mol. The zero-order valence-corrected chi connectivity index (χ0v) is 18.7. The van der Waals surface area contributed by atoms with Crippen LogP contribution in [-0.4, -0.2) is 69.2 Å². The molecule has 32 heavy (non-hydrogen) atoms. The second-order valence-corrected chi connectivity index (χ2v) is 9.68. The molecule has 1 aliphatic heterocycles. The number of carbonyl (C=O) groups excluding carboxylic acids is 1. The number of amides is 1. The number of aliphatic hydroxyl groups is 1. The lowest BCUT2D eigenvalue weighted by Crippen LogP contribution is -2.55. The van der Waals surface area contributed by atoms with Crippen LogP contribution in [0.3, 0.4) is 0 Å². The van der Waals surface area contributed by atoms with Crippen LogP contribution < -0.4 is 4.90 Å². The Bertz CT molecular complexity index is 986. The quantitative estimate of drug-likeness (QED) is 0.682. The molecule has 172 valence electrons. The van der Waals surface area contributed by atoms with Crippen molar-refractivity contribution in [3.63, 3.8) is 0 Å². The smallest absolute Gasteiger partial charge is 0.303 e. The van der Waals surface area contributed by atoms with E-state index in [4.69, 9.17) is 0 Å². The van der Waals surface area contributed by atoms with Crippen molar-refractivity contribution >= 4 is 28.5 Å². The topological polar surface area (TPSA) is 107 Å². The summed E-state index contributed by atoms with van der Waals surface area (Å²) < 4.78 is 0. The highest BCUT2D eigenvalue weighted by molar-refractivity contribution is 5.90. The Morgan fingerprint density at radius 1 is 1.12 bits per heavy atom. The van der Waals surface area contributed by atoms with E-state index < -0.39 is 17.0 Å². The molecule has 2 aromatic rings. The number of pyridine rings is 2. The summed E-state index contributed by atoms with van der Waals surface area (Å²) in [6, 6.07) is 3.82. The molecular formula is C24H32N4O4. The third-order valence-electron chi connectivity index (χ3n) is 7.09. The molecule has 3 heterocycles. The minimum atomic E-state index is -1.03. The zero-order valence-electron chi connectivity index (χ0n) is 18.7. The Morgan fingerprint density at radius 3 is 2.66 bits per heavy atom. The number of anilines is 1. The molecular weight excluding hydrogens is 408 g/mol. The zero-order chi connectivity index (χ0) is 22.8. The van der Waals surface area contributed by atoms with Gasteiger partial charge in [0.2, 0.25) is 5.91 Å². The number of aliphatic carboxylic acids is 1. The maximum absolute atomic E-state index is 13.0. The maximum Gasteiger partial charge on any atom is 0.303 e. The van der Waals surface area contributed by atoms with E-state index in [1.54, 1.807) is 30.5 Å². The highest BCUT2D eigenvalue weighted by atomic mass is 16.4. The minimum Gasteiger partial charge on any atom is -0.481 e. The van der Waals surface area contributed by atoms with E-state index in [0.29, 0.717) is 13.0 Å². The predicted octanol–water partition coefficient (Wildman–Crippen LogP) is 2.84. The second-order valence-electron chi connectivity index (χ2n) is 9.68. The first-order valence-corrected chi connectivity index (χ1v) is 11.4. The monoisotopic (exact) mass is 440 g/mol. The summed E-state index contributed by atoms with van der Waals surface area (Å²) in [6.45, 7) is 1.46. The van der Waals surface area contributed by atoms with Crippen molar-refractivity contribution in [1.82, 2.24) is 14.9 Å². The summed E-state index contributed by atoms with van der Waals surface area (Å²) >= 11 is 0. The average Bonchev–Trinajstić information content (AvgIpc) is 3.20. The molecule has 1 saturated heterocycles. The van der Waals surface area contributed by atoms with Crippen LogP contribution in [0, 0.1) is 5.41 Å². The van der Waals surface area contributed by atoms with Crippen molar-refractivity contribution in [1.29, 1.82) is 0 Å². The van der Waals surface area contributed by atoms with E-state index in [0.717, 1.165) is 55.2 Å². The number of likely N-dealkylation sites (N-methyl/N-ethyl adjacent to an activating group) is 1. The molecule has 1 unspecified atom stereocenters. The van der Waals surface area contributed by atoms with E-state index >= 15 is 0 Å². The van der Waals surface area contributed by atoms with Crippen molar-refractivity contribution in [3.8, 4) is 0 Å². The van der Waals surface area contributed by atoms with Gasteiger partial charge in [-0.3, -0.25) is 19.6 Å². The number of aromatic nitrogens is 2. The fourth-order valence-corrected chi connectivity index (χ4v) is 5.55. The van der Waals surface area contributed by atoms with Crippen LogP contribution in [-0.2, 0) is 9.59 Å². The molecule has 1 amide bonds. The van der Waals surface area contributed by atoms with Gasteiger partial charge in [0, 0.05) is 56.2 Å². The van der Waals surface area contributed by atoms with Gasteiger partial charge < -0.3 is 20.0 Å². The van der Waals surface area contributed by atoms with Gasteiger partial charge in [0.25, 0.3) is 0 Å². The number of β-amino-alcohol motifs (C(OH)–C–C–N with tert-alkyl or cyclic N) is 1. The van der Waals surface area contributed by atoms with Crippen LogP contribution >= 0.6 is 0 Å². The van der Waals surface area contributed by atoms with Gasteiger partial charge in [-0.2, -0.15) is 0 Å². The molecule has 0 spiro atoms. The van der Waals surface area contributed by atoms with Gasteiger partial charge >= 0.3 is 5.97 Å². The number of nitrogens with zero attached hydrogens (tertiary/aromatic N) is 4. The molecule has 0 radical (unpaired) electrons. The van der Waals surface area contributed by atoms with Crippen LogP contribution in [0.2, 0.25) is 0 Å². The summed E-state index contributed by atoms with van der Waals surface area (Å²) in [5, 5.41) is 21.7. The van der Waals surface area contributed by atoms with E-state index in [-0.39, 0.29) is 25.3 Å². The van der Waals surface area contributed by atoms with Gasteiger partial charge in [0.1, 0.15) is 0 Å². The molecule has 1 atom stereocenters. The third kappa shape index (κ3) is 4.85. The first kappa shape index (κ1) is 22.5. The van der Waals surface area contributed by atoms with Crippen LogP contribution in [0.5, 0.6) is 0 Å². The minimum absolute atomic E-state index is 0.0355. The van der Waals surface area contributed by atoms with E-state index in [1.165, 1.54) is 0 Å². The lowest BCUT2D eigenvalue weighted by Gasteiger charge is -2.42. The Kier molecular flexibility index (Phi) is 6.33. The number of hydrogen-bond donors (Lipinski definition) is 2. The first-order valence-electron chi connectivity index (χ1n) is 11.4. The molecule has 2 N–H and O–H groups in total. The van der Waals surface area contributed by atoms with Crippen LogP contribution in [0.1, 0.15) is 51.4 Å². The summed E-state index contributed by atoms with van der Waals surface area (Å²) in [5.41, 5.74) is 0.373. The van der Waals surface area contributed by atoms with Crippen molar-refractivity contribution in [2.45, 2.75) is 57.0 Å². The lowest BCUT2D eigenvalue weighted by atomic mass is 9.79. The molecule has 0 bridgehead atoms. The van der Waals surface area contributed by atoms with Crippen LogP contribution in [0.4, 0.5) is 5.69 Å². The van der Waals surface area contributed by atoms with Gasteiger partial charge in [-0.1, -0.05) is 12.8 Å². The standard InChI is InChI=1S/C24H32N4O4/c1-27(21(29)13-23(14-22(30)31)7-2-3-8-23)16-24(32)9-4-12-28(17-24)20-6-11-26-19-5-10-25-15-18(19)20/h5-6,10-11,15,32H,2-4,7-9,12-14,16-17H2,1H3,(H,30,31). The van der Waals surface area contributed by atoms with E-state index in [1.807, 2.05) is 12.1 Å². The highest BCUT2D eigenvalue weighted by Crippen LogP contribution is 2.44. The summed E-state index contributed by atoms with van der Waals surface area (Å²) in [7, 11) is 1.72. The largest absolute Gasteiger partial charge is 0.481 e. The van der Waals surface area contributed by atoms with Gasteiger partial charge in [-0.25, -0.2) is 0 Å². The molecule has 4 rings (SSSR count). The Balaban J connectivity index is 1.45. The number of fused-ring (bicyclic) bond motifs is 1. The molecule has 2 aliphatic rings. The Labute approximate surface area is 188 Å². The molecule has 1 aliphatic carbocycles. The van der Waals surface area contributed by atoms with Crippen molar-refractivity contribution < 1.29 is 19.8 Å². The highest BCUT2D eigenvalue weighted by Gasteiger charge is 2.40. The maximum atomic E-state index is 13.0. The molecule has 2 aromatic heterocycles. The molecule has 2 fully saturated rings. The average molecular weight is 441 g/mol. The summed E-state index contributed by atoms with van der Waals surface area (Å²) in [4.78, 5) is 36.8. The van der Waals surface area contributed by atoms with Gasteiger partial charge in [0.15, 0.2) is 0 Å². The SMILES string of the molecule is CN(CC1(O)CCCN(c2ccnc3ccncc23)C1)C(=O)CC1(CC(=O)O)CCCC1. The van der Waals surface area contributed by atoms with Gasteiger partial charge in [-0.15, -0.1) is 0 Å². The normalized spacial score (nSPS) is 22.8. The van der Waals surface area contributed by atoms with Crippen molar-refractivity contribution in [2.24, 2.45) is 5.41 Å². The molecule has 8 heteroatoms. The van der Waals surface area contributed by atoms with Crippen LogP contribution in [0.25, 0.3) is 10.9 Å². The number of carboxylic acids is 1. The molecule has 0 aromatic carbocycles. The summed E-state index contributed by atoms with van der Waals surface area (Å²) in [5.74, 6) is -0.930. The van der Waals surface area contributed by atoms with Crippen molar-refractivity contribution in [2.75, 3.05) is 31.6 Å². The van der Waals surface area contributed by atoms with E-state index in [2.05, 4.69) is 14.9 Å². The van der Waals surface area contributed by atoms with Crippen LogP contribution in [0.15, 0.2) is 30.7 Å².